The molecule has 1 saturated carbocycles. The fourth-order valence-electron chi connectivity index (χ4n) is 4.20. The summed E-state index contributed by atoms with van der Waals surface area (Å²) in [4.78, 5) is 28.1. The van der Waals surface area contributed by atoms with E-state index < -0.39 is 6.04 Å². The normalized spacial score (nSPS) is 14.8. The van der Waals surface area contributed by atoms with Gasteiger partial charge in [-0.3, -0.25) is 9.59 Å². The highest BCUT2D eigenvalue weighted by atomic mass is 35.5. The number of amides is 2. The Morgan fingerprint density at radius 3 is 2.35 bits per heavy atom. The molecule has 1 aliphatic rings. The van der Waals surface area contributed by atoms with Crippen LogP contribution in [0.5, 0.6) is 11.5 Å². The summed E-state index contributed by atoms with van der Waals surface area (Å²) in [5.41, 5.74) is 0.716. The summed E-state index contributed by atoms with van der Waals surface area (Å²) in [6, 6.07) is 11.7. The highest BCUT2D eigenvalue weighted by Gasteiger charge is 2.31. The fourth-order valence-corrected chi connectivity index (χ4v) is 4.67. The molecule has 1 aliphatic carbocycles. The van der Waals surface area contributed by atoms with Crippen molar-refractivity contribution < 1.29 is 19.1 Å². The van der Waals surface area contributed by atoms with Gasteiger partial charge in [0.05, 0.1) is 7.11 Å². The molecule has 34 heavy (non-hydrogen) atoms. The lowest BCUT2D eigenvalue weighted by Crippen LogP contribution is -2.52. The zero-order valence-corrected chi connectivity index (χ0v) is 21.2. The molecule has 0 heterocycles. The van der Waals surface area contributed by atoms with E-state index >= 15 is 0 Å². The minimum absolute atomic E-state index is 0.141. The summed E-state index contributed by atoms with van der Waals surface area (Å²) < 4.78 is 10.9. The highest BCUT2D eigenvalue weighted by molar-refractivity contribution is 6.35. The first-order valence-electron chi connectivity index (χ1n) is 11.7. The Bertz CT molecular complexity index is 962. The van der Waals surface area contributed by atoms with Gasteiger partial charge in [0.2, 0.25) is 5.91 Å². The molecule has 0 saturated heterocycles. The number of ether oxygens (including phenoxy) is 2. The average Bonchev–Trinajstić information content (AvgIpc) is 2.84. The summed E-state index contributed by atoms with van der Waals surface area (Å²) in [6.45, 7) is 1.88. The van der Waals surface area contributed by atoms with Crippen molar-refractivity contribution in [2.75, 3.05) is 13.7 Å². The first kappa shape index (κ1) is 26.2. The van der Waals surface area contributed by atoms with Crippen molar-refractivity contribution in [2.45, 2.75) is 64.1 Å². The van der Waals surface area contributed by atoms with E-state index in [1.807, 2.05) is 6.92 Å². The minimum atomic E-state index is -0.638. The maximum Gasteiger partial charge on any atom is 0.261 e. The maximum absolute atomic E-state index is 13.3. The Morgan fingerprint density at radius 2 is 1.74 bits per heavy atom. The third-order valence-electron chi connectivity index (χ3n) is 6.12. The second kappa shape index (κ2) is 12.9. The molecule has 184 valence electrons. The van der Waals surface area contributed by atoms with Crippen LogP contribution in [0.15, 0.2) is 42.5 Å². The Labute approximate surface area is 211 Å². The number of hydrogen-bond donors (Lipinski definition) is 1. The van der Waals surface area contributed by atoms with Crippen LogP contribution in [0.3, 0.4) is 0 Å². The first-order valence-corrected chi connectivity index (χ1v) is 12.5. The van der Waals surface area contributed by atoms with Crippen LogP contribution in [-0.2, 0) is 16.1 Å². The van der Waals surface area contributed by atoms with Gasteiger partial charge in [-0.25, -0.2) is 0 Å². The standard InChI is InChI=1S/C26H32Cl2N2O4/c1-3-24(26(32)29-20-7-5-4-6-8-20)30(16-18-9-10-19(27)15-23(18)28)25(31)17-34-22-13-11-21(33-2)12-14-22/h9-15,20,24H,3-8,16-17H2,1-2H3,(H,29,32)/t24-/m0/s1. The molecular formula is C26H32Cl2N2O4. The first-order chi connectivity index (χ1) is 16.4. The minimum Gasteiger partial charge on any atom is -0.497 e. The number of methoxy groups -OCH3 is 1. The molecule has 0 radical (unpaired) electrons. The maximum atomic E-state index is 13.3. The van der Waals surface area contributed by atoms with Crippen LogP contribution in [0.1, 0.15) is 51.0 Å². The molecule has 2 aromatic rings. The third-order valence-corrected chi connectivity index (χ3v) is 6.70. The number of carbonyl (C=O) groups is 2. The van der Waals surface area contributed by atoms with Crippen molar-refractivity contribution in [1.82, 2.24) is 10.2 Å². The summed E-state index contributed by atoms with van der Waals surface area (Å²) in [6.07, 6.45) is 5.84. The Hall–Kier alpha value is -2.44. The van der Waals surface area contributed by atoms with Crippen LogP contribution >= 0.6 is 23.2 Å². The van der Waals surface area contributed by atoms with E-state index in [9.17, 15) is 9.59 Å². The molecule has 8 heteroatoms. The van der Waals surface area contributed by atoms with Crippen molar-refractivity contribution in [1.29, 1.82) is 0 Å². The predicted molar refractivity (Wildman–Crippen MR) is 135 cm³/mol. The van der Waals surface area contributed by atoms with Crippen LogP contribution < -0.4 is 14.8 Å². The lowest BCUT2D eigenvalue weighted by molar-refractivity contribution is -0.143. The van der Waals surface area contributed by atoms with Gasteiger partial charge in [0.25, 0.3) is 5.91 Å². The monoisotopic (exact) mass is 506 g/mol. The van der Waals surface area contributed by atoms with Crippen molar-refractivity contribution >= 4 is 35.0 Å². The van der Waals surface area contributed by atoms with E-state index in [4.69, 9.17) is 32.7 Å². The largest absolute Gasteiger partial charge is 0.497 e. The zero-order valence-electron chi connectivity index (χ0n) is 19.7. The van der Waals surface area contributed by atoms with Crippen LogP contribution in [-0.4, -0.2) is 42.5 Å². The molecule has 6 nitrogen and oxygen atoms in total. The van der Waals surface area contributed by atoms with Crippen LogP contribution in [0, 0.1) is 0 Å². The van der Waals surface area contributed by atoms with Gasteiger partial charge in [-0.1, -0.05) is 55.5 Å². The highest BCUT2D eigenvalue weighted by Crippen LogP contribution is 2.25. The summed E-state index contributed by atoms with van der Waals surface area (Å²) >= 11 is 12.4. The van der Waals surface area contributed by atoms with Gasteiger partial charge >= 0.3 is 0 Å². The number of nitrogens with zero attached hydrogens (tertiary/aromatic N) is 1. The fraction of sp³-hybridized carbons (Fsp3) is 0.462. The van der Waals surface area contributed by atoms with Crippen molar-refractivity contribution in [3.8, 4) is 11.5 Å². The number of rotatable bonds is 10. The number of carbonyl (C=O) groups excluding carboxylic acids is 2. The number of hydrogen-bond acceptors (Lipinski definition) is 4. The average molecular weight is 507 g/mol. The van der Waals surface area contributed by atoms with Gasteiger partial charge in [-0.15, -0.1) is 0 Å². The Kier molecular flexibility index (Phi) is 9.90. The Morgan fingerprint density at radius 1 is 1.06 bits per heavy atom. The summed E-state index contributed by atoms with van der Waals surface area (Å²) in [5, 5.41) is 4.12. The second-order valence-corrected chi connectivity index (χ2v) is 9.33. The molecule has 2 aromatic carbocycles. The molecular weight excluding hydrogens is 475 g/mol. The zero-order chi connectivity index (χ0) is 24.5. The molecule has 3 rings (SSSR count). The van der Waals surface area contributed by atoms with Crippen molar-refractivity contribution in [2.24, 2.45) is 0 Å². The predicted octanol–water partition coefficient (Wildman–Crippen LogP) is 5.64. The molecule has 0 bridgehead atoms. The van der Waals surface area contributed by atoms with E-state index in [0.29, 0.717) is 33.5 Å². The van der Waals surface area contributed by atoms with Gasteiger partial charge < -0.3 is 19.7 Å². The van der Waals surface area contributed by atoms with Crippen molar-refractivity contribution in [3.05, 3.63) is 58.1 Å². The topological polar surface area (TPSA) is 67.9 Å². The summed E-state index contributed by atoms with van der Waals surface area (Å²) in [7, 11) is 1.59. The van der Waals surface area contributed by atoms with Crippen LogP contribution in [0.2, 0.25) is 10.0 Å². The molecule has 2 amide bonds. The molecule has 0 spiro atoms. The molecule has 1 atom stereocenters. The van der Waals surface area contributed by atoms with Gasteiger partial charge in [-0.05, 0) is 61.2 Å². The van der Waals surface area contributed by atoms with E-state index in [1.165, 1.54) is 6.42 Å². The number of halogens is 2. The molecule has 0 aromatic heterocycles. The van der Waals surface area contributed by atoms with Gasteiger partial charge in [0.1, 0.15) is 17.5 Å². The van der Waals surface area contributed by atoms with E-state index in [0.717, 1.165) is 25.7 Å². The quantitative estimate of drug-likeness (QED) is 0.452. The Balaban J connectivity index is 1.77. The molecule has 0 aliphatic heterocycles. The summed E-state index contributed by atoms with van der Waals surface area (Å²) in [5.74, 6) is 0.797. The van der Waals surface area contributed by atoms with E-state index in [2.05, 4.69) is 5.32 Å². The molecule has 0 unspecified atom stereocenters. The van der Waals surface area contributed by atoms with E-state index in [1.54, 1.807) is 54.5 Å². The second-order valence-electron chi connectivity index (χ2n) is 8.49. The number of benzene rings is 2. The SMILES string of the molecule is CC[C@@H](C(=O)NC1CCCCC1)N(Cc1ccc(Cl)cc1Cl)C(=O)COc1ccc(OC)cc1. The number of nitrogens with one attached hydrogen (secondary N) is 1. The van der Waals surface area contributed by atoms with Crippen LogP contribution in [0.4, 0.5) is 0 Å². The third kappa shape index (κ3) is 7.28. The van der Waals surface area contributed by atoms with Gasteiger partial charge in [0.15, 0.2) is 6.61 Å². The van der Waals surface area contributed by atoms with Crippen molar-refractivity contribution in [3.63, 3.8) is 0 Å². The lowest BCUT2D eigenvalue weighted by atomic mass is 9.95. The smallest absolute Gasteiger partial charge is 0.261 e. The van der Waals surface area contributed by atoms with E-state index in [-0.39, 0.29) is 31.0 Å². The van der Waals surface area contributed by atoms with Crippen LogP contribution in [0.25, 0.3) is 0 Å². The molecule has 1 N–H and O–H groups in total. The van der Waals surface area contributed by atoms with Gasteiger partial charge in [-0.2, -0.15) is 0 Å². The van der Waals surface area contributed by atoms with Gasteiger partial charge in [0, 0.05) is 22.6 Å². The molecule has 1 fully saturated rings. The lowest BCUT2D eigenvalue weighted by Gasteiger charge is -2.33.